The average Bonchev–Trinajstić information content (AvgIpc) is 3.65. The number of nitrogens with zero attached hydrogens (tertiary/aromatic N) is 1. The number of halogens is 1. The molecule has 2 aromatic heterocycles. The van der Waals surface area contributed by atoms with Crippen molar-refractivity contribution in [3.8, 4) is 5.75 Å². The molecule has 2 N–H and O–H groups in total. The molecule has 0 unspecified atom stereocenters. The molecule has 1 fully saturated rings. The molecule has 230 valence electrons. The zero-order chi connectivity index (χ0) is 30.9. The second kappa shape index (κ2) is 12.5. The number of ether oxygens (including phenoxy) is 1. The third kappa shape index (κ3) is 5.94. The molecule has 7 heteroatoms. The first kappa shape index (κ1) is 29.8. The Hall–Kier alpha value is -3.87. The number of nitrogens with one attached hydrogen (secondary N) is 1. The van der Waals surface area contributed by atoms with Gasteiger partial charge < -0.3 is 15.2 Å². The highest BCUT2D eigenvalue weighted by atomic mass is 35.5. The van der Waals surface area contributed by atoms with E-state index >= 15 is 0 Å². The molecule has 45 heavy (non-hydrogen) atoms. The molecule has 1 saturated carbocycles. The summed E-state index contributed by atoms with van der Waals surface area (Å²) in [6, 6.07) is 30.9. The minimum absolute atomic E-state index is 0.0713. The Balaban J connectivity index is 1.16. The summed E-state index contributed by atoms with van der Waals surface area (Å²) in [5.74, 6) is 0.785. The van der Waals surface area contributed by atoms with Gasteiger partial charge in [0.1, 0.15) is 11.3 Å². The lowest BCUT2D eigenvalue weighted by molar-refractivity contribution is -0.144. The summed E-state index contributed by atoms with van der Waals surface area (Å²) in [5.41, 5.74) is 4.74. The molecule has 0 bridgehead atoms. The van der Waals surface area contributed by atoms with E-state index in [2.05, 4.69) is 70.3 Å². The molecule has 5 aromatic rings. The van der Waals surface area contributed by atoms with Crippen LogP contribution in [-0.4, -0.2) is 28.2 Å². The lowest BCUT2D eigenvalue weighted by atomic mass is 9.59. The molecule has 0 radical (unpaired) electrons. The van der Waals surface area contributed by atoms with Crippen LogP contribution in [0.5, 0.6) is 5.75 Å². The van der Waals surface area contributed by atoms with Gasteiger partial charge in [-0.25, -0.2) is 4.79 Å². The number of anilines is 1. The zero-order valence-corrected chi connectivity index (χ0v) is 26.7. The minimum Gasteiger partial charge on any atom is -0.492 e. The number of thiophene rings is 1. The fraction of sp³-hybridized carbons (Fsp3) is 0.316. The molecule has 2 aliphatic carbocycles. The second-order valence-electron chi connectivity index (χ2n) is 12.8. The van der Waals surface area contributed by atoms with Crippen molar-refractivity contribution in [2.75, 3.05) is 11.9 Å². The normalized spacial score (nSPS) is 23.1. The lowest BCUT2D eigenvalue weighted by Gasteiger charge is -2.47. The van der Waals surface area contributed by atoms with Gasteiger partial charge in [0.25, 0.3) is 0 Å². The van der Waals surface area contributed by atoms with Crippen LogP contribution in [0.25, 0.3) is 10.2 Å². The Morgan fingerprint density at radius 1 is 1.00 bits per heavy atom. The third-order valence-corrected chi connectivity index (χ3v) is 11.3. The summed E-state index contributed by atoms with van der Waals surface area (Å²) in [7, 11) is 0. The van der Waals surface area contributed by atoms with Crippen molar-refractivity contribution in [3.63, 3.8) is 0 Å². The van der Waals surface area contributed by atoms with Gasteiger partial charge >= 0.3 is 5.97 Å². The monoisotopic (exact) mass is 636 g/mol. The SMILES string of the molecule is O=C(O)C1(Nc2cccc(Cl)c2)CCC2(CC1)c1ccccc1C[C@@H]2C[C@H](COc1ccnc2ccsc12)Cc1ccccc1. The van der Waals surface area contributed by atoms with Crippen LogP contribution in [0.3, 0.4) is 0 Å². The molecule has 2 aliphatic rings. The quantitative estimate of drug-likeness (QED) is 0.160. The molecule has 2 atom stereocenters. The highest BCUT2D eigenvalue weighted by Crippen LogP contribution is 2.56. The standard InChI is InChI=1S/C38H37ClN2O3S/c39-30-10-6-11-31(24-30)41-38(36(42)43)17-15-37(16-18-38)29(23-28-9-4-5-12-32(28)37)22-27(21-26-7-2-1-3-8-26)25-44-34-13-19-40-33-14-20-45-35(33)34/h1-14,19-20,24,27,29,41H,15-18,21-23,25H2,(H,42,43)/t27-,29+,37?,38?/m1/s1. The van der Waals surface area contributed by atoms with E-state index in [4.69, 9.17) is 16.3 Å². The number of aromatic nitrogens is 1. The number of hydrogen-bond donors (Lipinski definition) is 2. The largest absolute Gasteiger partial charge is 0.492 e. The number of fused-ring (bicyclic) bond motifs is 3. The predicted octanol–water partition coefficient (Wildman–Crippen LogP) is 9.20. The Labute approximate surface area is 273 Å². The maximum Gasteiger partial charge on any atom is 0.329 e. The van der Waals surface area contributed by atoms with Crippen molar-refractivity contribution in [3.05, 3.63) is 124 Å². The van der Waals surface area contributed by atoms with Gasteiger partial charge in [-0.3, -0.25) is 4.98 Å². The summed E-state index contributed by atoms with van der Waals surface area (Å²) in [6.45, 7) is 0.615. The summed E-state index contributed by atoms with van der Waals surface area (Å²) in [5, 5.41) is 16.6. The van der Waals surface area contributed by atoms with Crippen LogP contribution in [0.4, 0.5) is 5.69 Å². The van der Waals surface area contributed by atoms with Gasteiger partial charge in [0.2, 0.25) is 0 Å². The number of carboxylic acids is 1. The van der Waals surface area contributed by atoms with Crippen molar-refractivity contribution < 1.29 is 14.6 Å². The van der Waals surface area contributed by atoms with E-state index in [0.29, 0.717) is 36.3 Å². The molecule has 0 amide bonds. The molecular formula is C38H37ClN2O3S. The number of benzene rings is 3. The number of rotatable bonds is 10. The Kier molecular flexibility index (Phi) is 8.28. The fourth-order valence-electron chi connectivity index (χ4n) is 7.94. The highest BCUT2D eigenvalue weighted by molar-refractivity contribution is 7.17. The van der Waals surface area contributed by atoms with Crippen molar-refractivity contribution in [1.29, 1.82) is 0 Å². The number of pyridine rings is 1. The van der Waals surface area contributed by atoms with Gasteiger partial charge in [0.15, 0.2) is 0 Å². The van der Waals surface area contributed by atoms with Crippen LogP contribution in [0, 0.1) is 11.8 Å². The van der Waals surface area contributed by atoms with Gasteiger partial charge in [-0.1, -0.05) is 72.3 Å². The van der Waals surface area contributed by atoms with Gasteiger partial charge in [-0.05, 0) is 115 Å². The first-order chi connectivity index (χ1) is 21.9. The van der Waals surface area contributed by atoms with E-state index in [-0.39, 0.29) is 5.41 Å². The Morgan fingerprint density at radius 2 is 1.80 bits per heavy atom. The van der Waals surface area contributed by atoms with Crippen LogP contribution in [0.1, 0.15) is 48.8 Å². The maximum absolute atomic E-state index is 12.9. The molecule has 2 heterocycles. The van der Waals surface area contributed by atoms with Crippen molar-refractivity contribution in [1.82, 2.24) is 4.98 Å². The summed E-state index contributed by atoms with van der Waals surface area (Å²) in [6.07, 6.45) is 7.49. The number of carboxylic acid groups (broad SMARTS) is 1. The molecule has 1 spiro atoms. The molecular weight excluding hydrogens is 600 g/mol. The predicted molar refractivity (Wildman–Crippen MR) is 183 cm³/mol. The third-order valence-electron chi connectivity index (χ3n) is 10.2. The van der Waals surface area contributed by atoms with Crippen molar-refractivity contribution >= 4 is 44.8 Å². The molecule has 5 nitrogen and oxygen atoms in total. The second-order valence-corrected chi connectivity index (χ2v) is 14.1. The summed E-state index contributed by atoms with van der Waals surface area (Å²) in [4.78, 5) is 17.3. The van der Waals surface area contributed by atoms with Gasteiger partial charge in [-0.2, -0.15) is 0 Å². The number of hydrogen-bond acceptors (Lipinski definition) is 5. The van der Waals surface area contributed by atoms with Crippen molar-refractivity contribution in [2.45, 2.75) is 55.9 Å². The van der Waals surface area contributed by atoms with Crippen molar-refractivity contribution in [2.24, 2.45) is 11.8 Å². The van der Waals surface area contributed by atoms with Gasteiger partial charge in [-0.15, -0.1) is 11.3 Å². The minimum atomic E-state index is -1.03. The highest BCUT2D eigenvalue weighted by Gasteiger charge is 2.54. The van der Waals surface area contributed by atoms with Gasteiger partial charge in [0.05, 0.1) is 16.8 Å². The van der Waals surface area contributed by atoms with E-state index in [1.165, 1.54) is 16.7 Å². The molecule has 0 saturated heterocycles. The van der Waals surface area contributed by atoms with Crippen LogP contribution in [-0.2, 0) is 23.1 Å². The van der Waals surface area contributed by atoms with Crippen LogP contribution < -0.4 is 10.1 Å². The molecule has 3 aromatic carbocycles. The van der Waals surface area contributed by atoms with Crippen LogP contribution in [0.15, 0.2) is 103 Å². The number of aliphatic carboxylic acids is 1. The van der Waals surface area contributed by atoms with E-state index in [9.17, 15) is 9.90 Å². The molecule has 0 aliphatic heterocycles. The summed E-state index contributed by atoms with van der Waals surface area (Å²) >= 11 is 7.92. The first-order valence-electron chi connectivity index (χ1n) is 15.8. The van der Waals surface area contributed by atoms with E-state index in [1.54, 1.807) is 11.3 Å². The fourth-order valence-corrected chi connectivity index (χ4v) is 8.95. The smallest absolute Gasteiger partial charge is 0.329 e. The maximum atomic E-state index is 12.9. The van der Waals surface area contributed by atoms with E-state index in [1.807, 2.05) is 42.6 Å². The molecule has 7 rings (SSSR count). The average molecular weight is 637 g/mol. The summed E-state index contributed by atoms with van der Waals surface area (Å²) < 4.78 is 7.68. The van der Waals surface area contributed by atoms with E-state index in [0.717, 1.165) is 53.8 Å². The Morgan fingerprint density at radius 3 is 2.60 bits per heavy atom. The Bertz CT molecular complexity index is 1800. The number of carbonyl (C=O) groups is 1. The zero-order valence-electron chi connectivity index (χ0n) is 25.1. The van der Waals surface area contributed by atoms with E-state index < -0.39 is 11.5 Å². The topological polar surface area (TPSA) is 71.5 Å². The first-order valence-corrected chi connectivity index (χ1v) is 17.0. The van der Waals surface area contributed by atoms with Gasteiger partial charge in [0, 0.05) is 16.9 Å². The van der Waals surface area contributed by atoms with Crippen LogP contribution >= 0.6 is 22.9 Å². The van der Waals surface area contributed by atoms with Crippen LogP contribution in [0.2, 0.25) is 5.02 Å². The lowest BCUT2D eigenvalue weighted by Crippen LogP contribution is -2.53.